The van der Waals surface area contributed by atoms with Crippen molar-refractivity contribution >= 4 is 39.9 Å². The summed E-state index contributed by atoms with van der Waals surface area (Å²) >= 11 is 7.85. The lowest BCUT2D eigenvalue weighted by Gasteiger charge is -2.04. The Morgan fingerprint density at radius 3 is 2.82 bits per heavy atom. The van der Waals surface area contributed by atoms with E-state index >= 15 is 0 Å². The molecule has 88 valence electrons. The SMILES string of the molecule is O=[N+]([O-])c1ccc(-n2cc(I)cn2)cc1CCl. The summed E-state index contributed by atoms with van der Waals surface area (Å²) in [6, 6.07) is 4.77. The van der Waals surface area contributed by atoms with Crippen molar-refractivity contribution < 1.29 is 4.92 Å². The van der Waals surface area contributed by atoms with Crippen LogP contribution in [0.5, 0.6) is 0 Å². The van der Waals surface area contributed by atoms with Gasteiger partial charge in [-0.25, -0.2) is 4.68 Å². The van der Waals surface area contributed by atoms with E-state index in [1.54, 1.807) is 23.0 Å². The molecule has 2 aromatic rings. The van der Waals surface area contributed by atoms with Crippen LogP contribution >= 0.6 is 34.2 Å². The van der Waals surface area contributed by atoms with Gasteiger partial charge in [-0.05, 0) is 34.7 Å². The lowest BCUT2D eigenvalue weighted by molar-refractivity contribution is -0.385. The number of benzene rings is 1. The maximum absolute atomic E-state index is 10.8. The molecule has 0 fully saturated rings. The zero-order valence-corrected chi connectivity index (χ0v) is 11.4. The highest BCUT2D eigenvalue weighted by Gasteiger charge is 2.13. The summed E-state index contributed by atoms with van der Waals surface area (Å²) in [5.74, 6) is 0.0997. The molecule has 1 aromatic carbocycles. The van der Waals surface area contributed by atoms with Gasteiger partial charge >= 0.3 is 0 Å². The molecule has 0 saturated heterocycles. The zero-order chi connectivity index (χ0) is 12.4. The van der Waals surface area contributed by atoms with E-state index in [1.165, 1.54) is 6.07 Å². The van der Waals surface area contributed by atoms with Crippen LogP contribution in [0.4, 0.5) is 5.69 Å². The Hall–Kier alpha value is -1.15. The third kappa shape index (κ3) is 2.58. The molecule has 0 radical (unpaired) electrons. The van der Waals surface area contributed by atoms with Crippen LogP contribution in [-0.2, 0) is 5.88 Å². The second-order valence-electron chi connectivity index (χ2n) is 3.31. The molecule has 0 bridgehead atoms. The first-order valence-electron chi connectivity index (χ1n) is 4.65. The van der Waals surface area contributed by atoms with Crippen molar-refractivity contribution in [3.8, 4) is 5.69 Å². The molecule has 0 aliphatic heterocycles. The van der Waals surface area contributed by atoms with Crippen LogP contribution in [0.1, 0.15) is 5.56 Å². The second-order valence-corrected chi connectivity index (χ2v) is 4.82. The number of hydrogen-bond acceptors (Lipinski definition) is 3. The molecule has 0 unspecified atom stereocenters. The minimum atomic E-state index is -0.436. The van der Waals surface area contributed by atoms with Crippen molar-refractivity contribution in [3.05, 3.63) is 49.8 Å². The van der Waals surface area contributed by atoms with E-state index in [0.717, 1.165) is 9.26 Å². The molecule has 7 heteroatoms. The lowest BCUT2D eigenvalue weighted by atomic mass is 10.2. The molecule has 0 amide bonds. The van der Waals surface area contributed by atoms with Crippen LogP contribution in [0.3, 0.4) is 0 Å². The van der Waals surface area contributed by atoms with Gasteiger partial charge in [0.2, 0.25) is 0 Å². The minimum Gasteiger partial charge on any atom is -0.258 e. The van der Waals surface area contributed by atoms with Crippen molar-refractivity contribution in [2.45, 2.75) is 5.88 Å². The predicted molar refractivity (Wildman–Crippen MR) is 72.5 cm³/mol. The molecule has 0 saturated carbocycles. The highest BCUT2D eigenvalue weighted by molar-refractivity contribution is 14.1. The van der Waals surface area contributed by atoms with Crippen LogP contribution in [0, 0.1) is 13.7 Å². The van der Waals surface area contributed by atoms with Crippen LogP contribution in [-0.4, -0.2) is 14.7 Å². The van der Waals surface area contributed by atoms with Crippen LogP contribution < -0.4 is 0 Å². The van der Waals surface area contributed by atoms with Crippen molar-refractivity contribution in [1.82, 2.24) is 9.78 Å². The first-order valence-corrected chi connectivity index (χ1v) is 6.27. The van der Waals surface area contributed by atoms with Gasteiger partial charge in [0, 0.05) is 17.8 Å². The Morgan fingerprint density at radius 1 is 1.53 bits per heavy atom. The fraction of sp³-hybridized carbons (Fsp3) is 0.100. The van der Waals surface area contributed by atoms with Gasteiger partial charge in [0.05, 0.1) is 26.3 Å². The average Bonchev–Trinajstić information content (AvgIpc) is 2.75. The number of aromatic nitrogens is 2. The van der Waals surface area contributed by atoms with E-state index in [0.29, 0.717) is 5.56 Å². The summed E-state index contributed by atoms with van der Waals surface area (Å²) in [4.78, 5) is 10.3. The van der Waals surface area contributed by atoms with Crippen LogP contribution in [0.15, 0.2) is 30.6 Å². The van der Waals surface area contributed by atoms with E-state index in [2.05, 4.69) is 27.7 Å². The van der Waals surface area contributed by atoms with E-state index < -0.39 is 4.92 Å². The zero-order valence-electron chi connectivity index (χ0n) is 8.51. The monoisotopic (exact) mass is 363 g/mol. The smallest absolute Gasteiger partial charge is 0.258 e. The Balaban J connectivity index is 2.48. The summed E-state index contributed by atoms with van der Waals surface area (Å²) in [6.07, 6.45) is 3.54. The number of rotatable bonds is 3. The maximum Gasteiger partial charge on any atom is 0.273 e. The third-order valence-electron chi connectivity index (χ3n) is 2.22. The van der Waals surface area contributed by atoms with Gasteiger partial charge in [0.25, 0.3) is 5.69 Å². The minimum absolute atomic E-state index is 0.0330. The molecule has 0 atom stereocenters. The third-order valence-corrected chi connectivity index (χ3v) is 3.06. The standard InChI is InChI=1S/C10H7ClIN3O2/c11-4-7-3-9(1-2-10(7)15(16)17)14-6-8(12)5-13-14/h1-3,5-6H,4H2. The van der Waals surface area contributed by atoms with E-state index in [-0.39, 0.29) is 11.6 Å². The first kappa shape index (κ1) is 12.3. The molecule has 17 heavy (non-hydrogen) atoms. The predicted octanol–water partition coefficient (Wildman–Crippen LogP) is 3.12. The molecule has 1 aromatic heterocycles. The van der Waals surface area contributed by atoms with Crippen LogP contribution in [0.2, 0.25) is 0 Å². The molecule has 0 spiro atoms. The van der Waals surface area contributed by atoms with Crippen LogP contribution in [0.25, 0.3) is 5.69 Å². The van der Waals surface area contributed by atoms with Crippen molar-refractivity contribution in [2.75, 3.05) is 0 Å². The molecule has 1 heterocycles. The number of nitro benzene ring substituents is 1. The van der Waals surface area contributed by atoms with Crippen molar-refractivity contribution in [1.29, 1.82) is 0 Å². The molecule has 0 aliphatic carbocycles. The second kappa shape index (κ2) is 5.01. The molecule has 5 nitrogen and oxygen atoms in total. The summed E-state index contributed by atoms with van der Waals surface area (Å²) in [7, 11) is 0. The Bertz CT molecular complexity index is 570. The van der Waals surface area contributed by atoms with E-state index in [1.807, 2.05) is 6.20 Å². The Labute approximate surface area is 116 Å². The van der Waals surface area contributed by atoms with Gasteiger partial charge in [-0.1, -0.05) is 0 Å². The summed E-state index contributed by atoms with van der Waals surface area (Å²) in [6.45, 7) is 0. The Morgan fingerprint density at radius 2 is 2.29 bits per heavy atom. The maximum atomic E-state index is 10.8. The first-order chi connectivity index (χ1) is 8.11. The van der Waals surface area contributed by atoms with Crippen molar-refractivity contribution in [3.63, 3.8) is 0 Å². The molecular weight excluding hydrogens is 356 g/mol. The van der Waals surface area contributed by atoms with E-state index in [4.69, 9.17) is 11.6 Å². The number of alkyl halides is 1. The molecule has 2 rings (SSSR count). The summed E-state index contributed by atoms with van der Waals surface area (Å²) in [5, 5.41) is 14.9. The molecule has 0 aliphatic rings. The van der Waals surface area contributed by atoms with Gasteiger partial charge in [-0.2, -0.15) is 5.10 Å². The van der Waals surface area contributed by atoms with Gasteiger partial charge < -0.3 is 0 Å². The fourth-order valence-corrected chi connectivity index (χ4v) is 2.04. The highest BCUT2D eigenvalue weighted by atomic mass is 127. The highest BCUT2D eigenvalue weighted by Crippen LogP contribution is 2.23. The molecule has 0 N–H and O–H groups in total. The van der Waals surface area contributed by atoms with Gasteiger partial charge in [0.15, 0.2) is 0 Å². The number of hydrogen-bond donors (Lipinski definition) is 0. The average molecular weight is 364 g/mol. The number of nitrogens with zero attached hydrogens (tertiary/aromatic N) is 3. The van der Waals surface area contributed by atoms with Crippen molar-refractivity contribution in [2.24, 2.45) is 0 Å². The lowest BCUT2D eigenvalue weighted by Crippen LogP contribution is -1.98. The largest absolute Gasteiger partial charge is 0.273 e. The summed E-state index contributed by atoms with van der Waals surface area (Å²) in [5.41, 5.74) is 1.28. The number of halogens is 2. The van der Waals surface area contributed by atoms with Gasteiger partial charge in [0.1, 0.15) is 0 Å². The molecular formula is C10H7ClIN3O2. The fourth-order valence-electron chi connectivity index (χ4n) is 1.44. The van der Waals surface area contributed by atoms with E-state index in [9.17, 15) is 10.1 Å². The van der Waals surface area contributed by atoms with Gasteiger partial charge in [-0.3, -0.25) is 10.1 Å². The summed E-state index contributed by atoms with van der Waals surface area (Å²) < 4.78 is 2.65. The van der Waals surface area contributed by atoms with Gasteiger partial charge in [-0.15, -0.1) is 11.6 Å². The quantitative estimate of drug-likeness (QED) is 0.364. The Kier molecular flexibility index (Phi) is 3.63. The normalized spacial score (nSPS) is 10.5. The number of nitro groups is 1. The topological polar surface area (TPSA) is 61.0 Å².